The number of nitrogens with zero attached hydrogens (tertiary/aromatic N) is 2. The van der Waals surface area contributed by atoms with Crippen molar-refractivity contribution in [1.29, 1.82) is 0 Å². The van der Waals surface area contributed by atoms with E-state index in [0.29, 0.717) is 18.8 Å². The zero-order valence-electron chi connectivity index (χ0n) is 9.04. The van der Waals surface area contributed by atoms with Gasteiger partial charge in [-0.25, -0.2) is 4.79 Å². The van der Waals surface area contributed by atoms with Crippen LogP contribution in [-0.2, 0) is 4.79 Å². The van der Waals surface area contributed by atoms with Crippen LogP contribution in [0.2, 0.25) is 0 Å². The first-order valence-corrected chi connectivity index (χ1v) is 5.15. The summed E-state index contributed by atoms with van der Waals surface area (Å²) in [4.78, 5) is 25.2. The number of hydrogen-bond acceptors (Lipinski definition) is 3. The molecule has 1 aromatic carbocycles. The third-order valence-electron chi connectivity index (χ3n) is 2.58. The third-order valence-corrected chi connectivity index (χ3v) is 2.58. The predicted octanol–water partition coefficient (Wildman–Crippen LogP) is 0.719. The number of aromatic hydroxyl groups is 1. The largest absolute Gasteiger partial charge is 0.508 e. The van der Waals surface area contributed by atoms with E-state index >= 15 is 0 Å². The van der Waals surface area contributed by atoms with E-state index in [2.05, 4.69) is 0 Å². The van der Waals surface area contributed by atoms with Gasteiger partial charge in [0.1, 0.15) is 12.3 Å². The van der Waals surface area contributed by atoms with Gasteiger partial charge in [-0.2, -0.15) is 0 Å². The summed E-state index contributed by atoms with van der Waals surface area (Å²) in [6.45, 7) is 0.566. The van der Waals surface area contributed by atoms with Gasteiger partial charge in [-0.1, -0.05) is 0 Å². The molecule has 2 rings (SSSR count). The molecular formula is C11H12N2O4. The summed E-state index contributed by atoms with van der Waals surface area (Å²) in [7, 11) is 0. The summed E-state index contributed by atoms with van der Waals surface area (Å²) >= 11 is 0. The molecule has 17 heavy (non-hydrogen) atoms. The molecule has 2 amide bonds. The van der Waals surface area contributed by atoms with Gasteiger partial charge in [0.25, 0.3) is 0 Å². The topological polar surface area (TPSA) is 81.1 Å². The van der Waals surface area contributed by atoms with Gasteiger partial charge >= 0.3 is 12.0 Å². The van der Waals surface area contributed by atoms with Crippen molar-refractivity contribution in [3.8, 4) is 5.75 Å². The average Bonchev–Trinajstić information content (AvgIpc) is 2.61. The molecule has 6 nitrogen and oxygen atoms in total. The molecule has 2 N–H and O–H groups in total. The first-order valence-electron chi connectivity index (χ1n) is 5.15. The Morgan fingerprint density at radius 3 is 2.47 bits per heavy atom. The minimum atomic E-state index is -1.02. The quantitative estimate of drug-likeness (QED) is 0.810. The molecule has 0 bridgehead atoms. The summed E-state index contributed by atoms with van der Waals surface area (Å²) < 4.78 is 0. The molecule has 6 heteroatoms. The van der Waals surface area contributed by atoms with Gasteiger partial charge in [-0.05, 0) is 24.3 Å². The second kappa shape index (κ2) is 4.32. The van der Waals surface area contributed by atoms with Crippen LogP contribution in [0.1, 0.15) is 0 Å². The number of urea groups is 1. The molecule has 1 aromatic rings. The minimum Gasteiger partial charge on any atom is -0.508 e. The van der Waals surface area contributed by atoms with Crippen molar-refractivity contribution >= 4 is 17.7 Å². The van der Waals surface area contributed by atoms with Crippen molar-refractivity contribution in [1.82, 2.24) is 4.90 Å². The molecule has 0 saturated carbocycles. The van der Waals surface area contributed by atoms with Crippen LogP contribution in [0.15, 0.2) is 24.3 Å². The Morgan fingerprint density at radius 2 is 1.88 bits per heavy atom. The molecule has 0 unspecified atom stereocenters. The third kappa shape index (κ3) is 2.30. The van der Waals surface area contributed by atoms with E-state index in [-0.39, 0.29) is 18.3 Å². The van der Waals surface area contributed by atoms with Crippen molar-refractivity contribution in [3.05, 3.63) is 24.3 Å². The van der Waals surface area contributed by atoms with E-state index in [1.54, 1.807) is 12.1 Å². The zero-order valence-corrected chi connectivity index (χ0v) is 9.04. The monoisotopic (exact) mass is 236 g/mol. The summed E-state index contributed by atoms with van der Waals surface area (Å²) in [6.07, 6.45) is 0. The van der Waals surface area contributed by atoms with Gasteiger partial charge in [-0.3, -0.25) is 9.69 Å². The number of aliphatic carboxylic acids is 1. The van der Waals surface area contributed by atoms with Crippen molar-refractivity contribution in [2.75, 3.05) is 24.5 Å². The van der Waals surface area contributed by atoms with Crippen LogP contribution in [0.25, 0.3) is 0 Å². The van der Waals surface area contributed by atoms with Gasteiger partial charge < -0.3 is 15.1 Å². The summed E-state index contributed by atoms with van der Waals surface area (Å²) in [5.74, 6) is -0.895. The maximum atomic E-state index is 11.9. The highest BCUT2D eigenvalue weighted by molar-refractivity contribution is 5.95. The van der Waals surface area contributed by atoms with Gasteiger partial charge in [0, 0.05) is 18.8 Å². The SMILES string of the molecule is O=C(O)CN1CCN(c2ccc(O)cc2)C1=O. The second-order valence-corrected chi connectivity index (χ2v) is 3.77. The Morgan fingerprint density at radius 1 is 1.24 bits per heavy atom. The molecule has 90 valence electrons. The zero-order chi connectivity index (χ0) is 12.4. The van der Waals surface area contributed by atoms with E-state index in [4.69, 9.17) is 10.2 Å². The summed E-state index contributed by atoms with van der Waals surface area (Å²) in [5.41, 5.74) is 0.653. The average molecular weight is 236 g/mol. The van der Waals surface area contributed by atoms with Crippen LogP contribution in [0, 0.1) is 0 Å². The lowest BCUT2D eigenvalue weighted by atomic mass is 10.3. The van der Waals surface area contributed by atoms with Crippen LogP contribution in [0.5, 0.6) is 5.75 Å². The number of phenolic OH excluding ortho intramolecular Hbond substituents is 1. The molecule has 0 aliphatic carbocycles. The molecule has 1 fully saturated rings. The van der Waals surface area contributed by atoms with E-state index in [1.807, 2.05) is 0 Å². The van der Waals surface area contributed by atoms with Crippen LogP contribution in [0.4, 0.5) is 10.5 Å². The molecule has 1 saturated heterocycles. The lowest BCUT2D eigenvalue weighted by Crippen LogP contribution is -2.35. The van der Waals surface area contributed by atoms with Crippen molar-refractivity contribution in [3.63, 3.8) is 0 Å². The van der Waals surface area contributed by atoms with E-state index in [0.717, 1.165) is 0 Å². The Kier molecular flexibility index (Phi) is 2.86. The molecule has 0 atom stereocenters. The number of benzene rings is 1. The Balaban J connectivity index is 2.12. The van der Waals surface area contributed by atoms with E-state index in [9.17, 15) is 9.59 Å². The molecule has 0 aromatic heterocycles. The summed E-state index contributed by atoms with van der Waals surface area (Å²) in [6, 6.07) is 5.90. The number of carbonyl (C=O) groups excluding carboxylic acids is 1. The predicted molar refractivity (Wildman–Crippen MR) is 60.1 cm³/mol. The van der Waals surface area contributed by atoms with Gasteiger partial charge in [0.2, 0.25) is 0 Å². The highest BCUT2D eigenvalue weighted by atomic mass is 16.4. The number of rotatable bonds is 3. The van der Waals surface area contributed by atoms with Gasteiger partial charge in [-0.15, -0.1) is 0 Å². The maximum absolute atomic E-state index is 11.9. The maximum Gasteiger partial charge on any atom is 0.325 e. The first kappa shape index (κ1) is 11.3. The molecule has 1 aliphatic heterocycles. The number of carbonyl (C=O) groups is 2. The van der Waals surface area contributed by atoms with Gasteiger partial charge in [0.15, 0.2) is 0 Å². The van der Waals surface area contributed by atoms with Crippen molar-refractivity contribution in [2.45, 2.75) is 0 Å². The van der Waals surface area contributed by atoms with Crippen LogP contribution in [-0.4, -0.2) is 46.7 Å². The fraction of sp³-hybridized carbons (Fsp3) is 0.273. The fourth-order valence-electron chi connectivity index (χ4n) is 1.76. The van der Waals surface area contributed by atoms with Crippen molar-refractivity contribution < 1.29 is 19.8 Å². The highest BCUT2D eigenvalue weighted by Crippen LogP contribution is 2.22. The Hall–Kier alpha value is -2.24. The number of carboxylic acids is 1. The van der Waals surface area contributed by atoms with E-state index in [1.165, 1.54) is 21.9 Å². The van der Waals surface area contributed by atoms with Gasteiger partial charge in [0.05, 0.1) is 0 Å². The molecule has 0 radical (unpaired) electrons. The second-order valence-electron chi connectivity index (χ2n) is 3.77. The molecule has 1 heterocycles. The number of amides is 2. The van der Waals surface area contributed by atoms with Crippen LogP contribution in [0.3, 0.4) is 0 Å². The Bertz CT molecular complexity index is 443. The molecule has 0 spiro atoms. The Labute approximate surface area is 97.7 Å². The highest BCUT2D eigenvalue weighted by Gasteiger charge is 2.30. The summed E-state index contributed by atoms with van der Waals surface area (Å²) in [5, 5.41) is 17.8. The number of hydrogen-bond donors (Lipinski definition) is 2. The van der Waals surface area contributed by atoms with E-state index < -0.39 is 5.97 Å². The molecule has 1 aliphatic rings. The lowest BCUT2D eigenvalue weighted by molar-refractivity contribution is -0.137. The standard InChI is InChI=1S/C11H12N2O4/c14-9-3-1-8(2-4-9)13-6-5-12(11(13)17)7-10(15)16/h1-4,14H,5-7H2,(H,15,16). The van der Waals surface area contributed by atoms with Crippen molar-refractivity contribution in [2.24, 2.45) is 0 Å². The minimum absolute atomic E-state index is 0.128. The lowest BCUT2D eigenvalue weighted by Gasteiger charge is -2.17. The smallest absolute Gasteiger partial charge is 0.325 e. The number of carboxylic acid groups (broad SMARTS) is 1. The fourth-order valence-corrected chi connectivity index (χ4v) is 1.76. The number of anilines is 1. The van der Waals surface area contributed by atoms with Crippen LogP contribution >= 0.6 is 0 Å². The first-order chi connectivity index (χ1) is 8.08. The van der Waals surface area contributed by atoms with Crippen LogP contribution < -0.4 is 4.90 Å². The number of phenols is 1. The molecular weight excluding hydrogens is 224 g/mol. The normalized spacial score (nSPS) is 15.4.